The molecule has 0 bridgehead atoms. The number of aliphatic carboxylic acids is 1. The molecule has 1 atom stereocenters. The highest BCUT2D eigenvalue weighted by molar-refractivity contribution is 6.12. The van der Waals surface area contributed by atoms with Crippen LogP contribution in [0.1, 0.15) is 31.2 Å². The number of hydrogen-bond acceptors (Lipinski definition) is 3. The van der Waals surface area contributed by atoms with Crippen molar-refractivity contribution in [2.24, 2.45) is 0 Å². The Balaban J connectivity index is 2.63. The summed E-state index contributed by atoms with van der Waals surface area (Å²) in [6.45, 7) is 5.40. The Morgan fingerprint density at radius 3 is 2.47 bits per heavy atom. The molecule has 102 valence electrons. The molecule has 1 unspecified atom stereocenters. The summed E-state index contributed by atoms with van der Waals surface area (Å²) in [5, 5.41) is 8.64. The van der Waals surface area contributed by atoms with E-state index in [2.05, 4.69) is 6.58 Å². The lowest BCUT2D eigenvalue weighted by Crippen LogP contribution is -2.18. The lowest BCUT2D eigenvalue weighted by atomic mass is 9.95. The van der Waals surface area contributed by atoms with Crippen molar-refractivity contribution >= 4 is 11.9 Å². The highest BCUT2D eigenvalue weighted by Crippen LogP contribution is 2.21. The Morgan fingerprint density at radius 1 is 1.32 bits per heavy atom. The molecule has 0 spiro atoms. The molecule has 1 N–H and O–H groups in total. The molecule has 1 aromatic rings. The van der Waals surface area contributed by atoms with E-state index in [0.29, 0.717) is 0 Å². The first-order valence-corrected chi connectivity index (χ1v) is 6.20. The Morgan fingerprint density at radius 2 is 1.95 bits per heavy atom. The smallest absolute Gasteiger partial charge is 0.344 e. The molecule has 0 amide bonds. The summed E-state index contributed by atoms with van der Waals surface area (Å²) in [6, 6.07) is 9.72. The van der Waals surface area contributed by atoms with Crippen molar-refractivity contribution in [2.75, 3.05) is 6.61 Å². The number of carbonyl (C=O) groups is 2. The van der Waals surface area contributed by atoms with Gasteiger partial charge in [0.05, 0.1) is 6.61 Å². The summed E-state index contributed by atoms with van der Waals surface area (Å²) in [6.07, 6.45) is 1.83. The van der Waals surface area contributed by atoms with Crippen LogP contribution >= 0.6 is 0 Å². The highest BCUT2D eigenvalue weighted by atomic mass is 16.5. The normalized spacial score (nSPS) is 11.6. The maximum Gasteiger partial charge on any atom is 0.344 e. The summed E-state index contributed by atoms with van der Waals surface area (Å²) in [5.41, 5.74) is 0.543. The Kier molecular flexibility index (Phi) is 5.79. The van der Waals surface area contributed by atoms with Crippen LogP contribution in [0.15, 0.2) is 42.5 Å². The molecule has 1 rings (SSSR count). The van der Waals surface area contributed by atoms with Crippen LogP contribution in [0, 0.1) is 0 Å². The standard InChI is InChI=1S/C15H18O4/c1-3-7-13(12-8-5-4-6-9-12)10-19-15(18)11(2)14(16)17/h4-6,8-9,13H,2-3,7,10H2,1H3,(H,16,17). The van der Waals surface area contributed by atoms with Crippen LogP contribution in [-0.2, 0) is 14.3 Å². The van der Waals surface area contributed by atoms with Gasteiger partial charge >= 0.3 is 11.9 Å². The second-order valence-electron chi connectivity index (χ2n) is 4.28. The molecular formula is C15H18O4. The first kappa shape index (κ1) is 15.0. The van der Waals surface area contributed by atoms with Crippen LogP contribution < -0.4 is 0 Å². The lowest BCUT2D eigenvalue weighted by Gasteiger charge is -2.16. The highest BCUT2D eigenvalue weighted by Gasteiger charge is 2.18. The summed E-state index contributed by atoms with van der Waals surface area (Å²) in [5.74, 6) is -2.14. The van der Waals surface area contributed by atoms with Crippen molar-refractivity contribution in [3.63, 3.8) is 0 Å². The summed E-state index contributed by atoms with van der Waals surface area (Å²) in [4.78, 5) is 22.0. The zero-order valence-corrected chi connectivity index (χ0v) is 11.0. The van der Waals surface area contributed by atoms with Gasteiger partial charge in [0.2, 0.25) is 0 Å². The molecule has 0 saturated carbocycles. The third-order valence-corrected chi connectivity index (χ3v) is 2.83. The Bertz CT molecular complexity index is 450. The minimum atomic E-state index is -1.35. The number of carboxylic acid groups (broad SMARTS) is 1. The molecular weight excluding hydrogens is 244 g/mol. The molecule has 0 aromatic heterocycles. The molecule has 0 aliphatic heterocycles. The van der Waals surface area contributed by atoms with Crippen molar-refractivity contribution < 1.29 is 19.4 Å². The lowest BCUT2D eigenvalue weighted by molar-refractivity contribution is -0.144. The van der Waals surface area contributed by atoms with E-state index in [-0.39, 0.29) is 12.5 Å². The molecule has 1 aromatic carbocycles. The van der Waals surface area contributed by atoms with Crippen LogP contribution in [0.25, 0.3) is 0 Å². The summed E-state index contributed by atoms with van der Waals surface area (Å²) in [7, 11) is 0. The van der Waals surface area contributed by atoms with Gasteiger partial charge in [-0.05, 0) is 12.0 Å². The molecule has 0 fully saturated rings. The molecule has 19 heavy (non-hydrogen) atoms. The Labute approximate surface area is 112 Å². The van der Waals surface area contributed by atoms with Crippen LogP contribution in [-0.4, -0.2) is 23.7 Å². The fraction of sp³-hybridized carbons (Fsp3) is 0.333. The van der Waals surface area contributed by atoms with Crippen molar-refractivity contribution in [1.29, 1.82) is 0 Å². The number of benzene rings is 1. The fourth-order valence-corrected chi connectivity index (χ4v) is 1.77. The fourth-order valence-electron chi connectivity index (χ4n) is 1.77. The van der Waals surface area contributed by atoms with Gasteiger partial charge in [0.25, 0.3) is 0 Å². The second kappa shape index (κ2) is 7.36. The zero-order chi connectivity index (χ0) is 14.3. The molecule has 0 heterocycles. The number of esters is 1. The second-order valence-corrected chi connectivity index (χ2v) is 4.28. The van der Waals surface area contributed by atoms with Crippen LogP contribution in [0.2, 0.25) is 0 Å². The van der Waals surface area contributed by atoms with Crippen LogP contribution in [0.3, 0.4) is 0 Å². The van der Waals surface area contributed by atoms with E-state index in [0.717, 1.165) is 18.4 Å². The van der Waals surface area contributed by atoms with Crippen molar-refractivity contribution in [3.05, 3.63) is 48.0 Å². The molecule has 0 aliphatic rings. The van der Waals surface area contributed by atoms with Gasteiger partial charge in [-0.2, -0.15) is 0 Å². The van der Waals surface area contributed by atoms with Gasteiger partial charge in [-0.15, -0.1) is 0 Å². The molecule has 0 aliphatic carbocycles. The Hall–Kier alpha value is -2.10. The maximum absolute atomic E-state index is 11.4. The molecule has 0 saturated heterocycles. The number of carboxylic acids is 1. The van der Waals surface area contributed by atoms with E-state index in [1.165, 1.54) is 0 Å². The predicted molar refractivity (Wildman–Crippen MR) is 71.8 cm³/mol. The topological polar surface area (TPSA) is 63.6 Å². The predicted octanol–water partition coefficient (Wildman–Crippen LogP) is 2.75. The van der Waals surface area contributed by atoms with Gasteiger partial charge < -0.3 is 9.84 Å². The molecule has 4 nitrogen and oxygen atoms in total. The summed E-state index contributed by atoms with van der Waals surface area (Å²) < 4.78 is 5.01. The van der Waals surface area contributed by atoms with Crippen molar-refractivity contribution in [2.45, 2.75) is 25.7 Å². The largest absolute Gasteiger partial charge is 0.477 e. The van der Waals surface area contributed by atoms with E-state index in [1.54, 1.807) is 0 Å². The number of hydrogen-bond donors (Lipinski definition) is 1. The minimum Gasteiger partial charge on any atom is -0.477 e. The average molecular weight is 262 g/mol. The maximum atomic E-state index is 11.4. The van der Waals surface area contributed by atoms with E-state index < -0.39 is 17.5 Å². The zero-order valence-electron chi connectivity index (χ0n) is 11.0. The first-order valence-electron chi connectivity index (χ1n) is 6.20. The van der Waals surface area contributed by atoms with Crippen molar-refractivity contribution in [1.82, 2.24) is 0 Å². The monoisotopic (exact) mass is 262 g/mol. The number of carbonyl (C=O) groups excluding carboxylic acids is 1. The number of rotatable bonds is 7. The quantitative estimate of drug-likeness (QED) is 0.355. The average Bonchev–Trinajstić information content (AvgIpc) is 2.43. The van der Waals surface area contributed by atoms with Gasteiger partial charge in [-0.1, -0.05) is 50.3 Å². The molecule has 4 heteroatoms. The minimum absolute atomic E-state index is 0.0803. The van der Waals surface area contributed by atoms with E-state index in [9.17, 15) is 9.59 Å². The van der Waals surface area contributed by atoms with Gasteiger partial charge in [-0.25, -0.2) is 9.59 Å². The first-order chi connectivity index (χ1) is 9.06. The SMILES string of the molecule is C=C(C(=O)O)C(=O)OCC(CCC)c1ccccc1. The van der Waals surface area contributed by atoms with Gasteiger partial charge in [0, 0.05) is 5.92 Å². The van der Waals surface area contributed by atoms with Crippen molar-refractivity contribution in [3.8, 4) is 0 Å². The third kappa shape index (κ3) is 4.58. The van der Waals surface area contributed by atoms with Crippen LogP contribution in [0.5, 0.6) is 0 Å². The van der Waals surface area contributed by atoms with Gasteiger partial charge in [0.15, 0.2) is 0 Å². The van der Waals surface area contributed by atoms with Gasteiger partial charge in [-0.3, -0.25) is 0 Å². The van der Waals surface area contributed by atoms with E-state index in [1.807, 2.05) is 37.3 Å². The third-order valence-electron chi connectivity index (χ3n) is 2.83. The van der Waals surface area contributed by atoms with E-state index in [4.69, 9.17) is 9.84 Å². The molecule has 0 radical (unpaired) electrons. The van der Waals surface area contributed by atoms with Gasteiger partial charge in [0.1, 0.15) is 5.57 Å². The van der Waals surface area contributed by atoms with E-state index >= 15 is 0 Å². The number of ether oxygens (including phenoxy) is 1. The van der Waals surface area contributed by atoms with Crippen LogP contribution in [0.4, 0.5) is 0 Å². The summed E-state index contributed by atoms with van der Waals surface area (Å²) >= 11 is 0.